The Kier molecular flexibility index (Phi) is 9.18. The SMILES string of the molecule is C=C[C@@H]1[C@@H](CO[Si](c2ccccc2)(c2ccccc2)C(C)(C)C)C[C@H](C(=O)OC(C)(C)C)N1Cc1ccccc1. The Balaban J connectivity index is 1.71. The highest BCUT2D eigenvalue weighted by Crippen LogP contribution is 2.39. The zero-order chi connectivity index (χ0) is 29.0. The van der Waals surface area contributed by atoms with Crippen LogP contribution in [0.2, 0.25) is 5.04 Å². The van der Waals surface area contributed by atoms with E-state index in [1.54, 1.807) is 0 Å². The molecule has 3 aromatic carbocycles. The van der Waals surface area contributed by atoms with Gasteiger partial charge >= 0.3 is 5.97 Å². The van der Waals surface area contributed by atoms with Gasteiger partial charge in [-0.05, 0) is 48.2 Å². The molecule has 1 heterocycles. The Bertz CT molecular complexity index is 1210. The van der Waals surface area contributed by atoms with Crippen molar-refractivity contribution in [2.45, 2.75) is 77.2 Å². The molecule has 0 amide bonds. The van der Waals surface area contributed by atoms with Gasteiger partial charge in [0.15, 0.2) is 0 Å². The quantitative estimate of drug-likeness (QED) is 0.175. The minimum absolute atomic E-state index is 0.0176. The number of nitrogens with zero attached hydrogens (tertiary/aromatic N) is 1. The van der Waals surface area contributed by atoms with Crippen LogP contribution in [0.3, 0.4) is 0 Å². The van der Waals surface area contributed by atoms with Gasteiger partial charge in [-0.2, -0.15) is 0 Å². The second-order valence-corrected chi connectivity index (χ2v) is 17.2. The summed E-state index contributed by atoms with van der Waals surface area (Å²) >= 11 is 0. The van der Waals surface area contributed by atoms with Crippen molar-refractivity contribution in [1.29, 1.82) is 0 Å². The molecule has 4 rings (SSSR count). The Morgan fingerprint density at radius 2 is 1.38 bits per heavy atom. The third kappa shape index (κ3) is 6.49. The lowest BCUT2D eigenvalue weighted by Crippen LogP contribution is -2.67. The molecule has 3 atom stereocenters. The summed E-state index contributed by atoms with van der Waals surface area (Å²) in [5.74, 6) is -0.0800. The average molecular weight is 556 g/mol. The summed E-state index contributed by atoms with van der Waals surface area (Å²) in [5.41, 5.74) is 0.610. The van der Waals surface area contributed by atoms with Crippen LogP contribution < -0.4 is 10.4 Å². The second-order valence-electron chi connectivity index (χ2n) is 12.9. The van der Waals surface area contributed by atoms with Crippen molar-refractivity contribution in [1.82, 2.24) is 4.90 Å². The van der Waals surface area contributed by atoms with E-state index in [4.69, 9.17) is 9.16 Å². The fourth-order valence-corrected chi connectivity index (χ4v) is 10.8. The first kappa shape index (κ1) is 30.0. The van der Waals surface area contributed by atoms with E-state index in [9.17, 15) is 4.79 Å². The molecule has 1 aliphatic rings. The predicted octanol–water partition coefficient (Wildman–Crippen LogP) is 6.35. The maximum absolute atomic E-state index is 13.5. The van der Waals surface area contributed by atoms with Crippen LogP contribution >= 0.6 is 0 Å². The van der Waals surface area contributed by atoms with Crippen LogP contribution in [-0.2, 0) is 20.5 Å². The molecule has 3 aromatic rings. The molecule has 0 saturated carbocycles. The van der Waals surface area contributed by atoms with Crippen molar-refractivity contribution in [3.05, 3.63) is 109 Å². The van der Waals surface area contributed by atoms with E-state index in [0.29, 0.717) is 19.6 Å². The summed E-state index contributed by atoms with van der Waals surface area (Å²) in [6.07, 6.45) is 2.66. The minimum atomic E-state index is -2.71. The van der Waals surface area contributed by atoms with E-state index < -0.39 is 13.9 Å². The van der Waals surface area contributed by atoms with Crippen LogP contribution in [-0.4, -0.2) is 43.5 Å². The van der Waals surface area contributed by atoms with E-state index in [2.05, 4.69) is 105 Å². The molecule has 40 heavy (non-hydrogen) atoms. The molecule has 4 nitrogen and oxygen atoms in total. The normalized spacial score (nSPS) is 20.3. The maximum atomic E-state index is 13.5. The van der Waals surface area contributed by atoms with Gasteiger partial charge in [0.05, 0.1) is 0 Å². The summed E-state index contributed by atoms with van der Waals surface area (Å²) in [6.45, 7) is 18.1. The van der Waals surface area contributed by atoms with E-state index in [-0.39, 0.29) is 29.0 Å². The number of rotatable bonds is 9. The maximum Gasteiger partial charge on any atom is 0.323 e. The molecule has 5 heteroatoms. The highest BCUT2D eigenvalue weighted by Gasteiger charge is 2.52. The molecule has 0 bridgehead atoms. The monoisotopic (exact) mass is 555 g/mol. The van der Waals surface area contributed by atoms with E-state index in [1.807, 2.05) is 45.0 Å². The lowest BCUT2D eigenvalue weighted by Gasteiger charge is -2.44. The highest BCUT2D eigenvalue weighted by molar-refractivity contribution is 6.99. The van der Waals surface area contributed by atoms with Gasteiger partial charge in [-0.15, -0.1) is 6.58 Å². The number of carbonyl (C=O) groups is 1. The molecule has 0 aromatic heterocycles. The topological polar surface area (TPSA) is 38.8 Å². The smallest absolute Gasteiger partial charge is 0.323 e. The molecule has 0 unspecified atom stereocenters. The van der Waals surface area contributed by atoms with Crippen molar-refractivity contribution < 1.29 is 14.0 Å². The van der Waals surface area contributed by atoms with Gasteiger partial charge in [-0.3, -0.25) is 9.69 Å². The Hall–Kier alpha value is -2.99. The summed E-state index contributed by atoms with van der Waals surface area (Å²) < 4.78 is 13.2. The number of benzene rings is 3. The number of esters is 1. The van der Waals surface area contributed by atoms with Crippen molar-refractivity contribution >= 4 is 24.7 Å². The summed E-state index contributed by atoms with van der Waals surface area (Å²) in [6, 6.07) is 31.4. The predicted molar refractivity (Wildman–Crippen MR) is 167 cm³/mol. The first-order valence-corrected chi connectivity index (χ1v) is 16.3. The highest BCUT2D eigenvalue weighted by atomic mass is 28.4. The third-order valence-electron chi connectivity index (χ3n) is 7.85. The molecule has 1 aliphatic heterocycles. The minimum Gasteiger partial charge on any atom is -0.459 e. The first-order chi connectivity index (χ1) is 19.0. The molecule has 1 fully saturated rings. The summed E-state index contributed by atoms with van der Waals surface area (Å²) in [5, 5.41) is 2.39. The van der Waals surface area contributed by atoms with Gasteiger partial charge in [-0.25, -0.2) is 0 Å². The molecule has 0 aliphatic carbocycles. The molecule has 0 spiro atoms. The molecule has 0 radical (unpaired) electrons. The Morgan fingerprint density at radius 1 is 0.875 bits per heavy atom. The fraction of sp³-hybridized carbons (Fsp3) is 0.400. The standard InChI is InChI=1S/C35H45NO3Si/c1-8-31-28(24-32(33(37)39-34(2,3)4)36(31)25-27-18-12-9-13-19-27)26-38-40(35(5,6)7,29-20-14-10-15-21-29)30-22-16-11-17-23-30/h8-23,28,31-32H,1,24-26H2,2-7H3/t28-,31-,32-/m1/s1. The van der Waals surface area contributed by atoms with Crippen molar-refractivity contribution in [3.8, 4) is 0 Å². The summed E-state index contributed by atoms with van der Waals surface area (Å²) in [7, 11) is -2.71. The van der Waals surface area contributed by atoms with Crippen molar-refractivity contribution in [2.75, 3.05) is 6.61 Å². The zero-order valence-electron chi connectivity index (χ0n) is 25.0. The van der Waals surface area contributed by atoms with Crippen LogP contribution in [0.4, 0.5) is 0 Å². The van der Waals surface area contributed by atoms with Crippen molar-refractivity contribution in [3.63, 3.8) is 0 Å². The molecular formula is C35H45NO3Si. The third-order valence-corrected chi connectivity index (χ3v) is 12.9. The van der Waals surface area contributed by atoms with E-state index >= 15 is 0 Å². The summed E-state index contributed by atoms with van der Waals surface area (Å²) in [4.78, 5) is 15.8. The van der Waals surface area contributed by atoms with Crippen LogP contribution in [0.1, 0.15) is 53.5 Å². The van der Waals surface area contributed by atoms with Crippen LogP contribution in [0.15, 0.2) is 104 Å². The second kappa shape index (κ2) is 12.3. The number of ether oxygens (including phenoxy) is 1. The number of hydrogen-bond acceptors (Lipinski definition) is 4. The van der Waals surface area contributed by atoms with Gasteiger partial charge < -0.3 is 9.16 Å². The van der Waals surface area contributed by atoms with E-state index in [1.165, 1.54) is 10.4 Å². The average Bonchev–Trinajstić information content (AvgIpc) is 3.26. The molecule has 212 valence electrons. The van der Waals surface area contributed by atoms with Crippen LogP contribution in [0, 0.1) is 5.92 Å². The molecular weight excluding hydrogens is 510 g/mol. The van der Waals surface area contributed by atoms with Crippen LogP contribution in [0.25, 0.3) is 0 Å². The largest absolute Gasteiger partial charge is 0.459 e. The lowest BCUT2D eigenvalue weighted by molar-refractivity contribution is -0.160. The molecule has 0 N–H and O–H groups in total. The number of carbonyl (C=O) groups excluding carboxylic acids is 1. The van der Waals surface area contributed by atoms with Gasteiger partial charge in [0, 0.05) is 25.1 Å². The number of likely N-dealkylation sites (tertiary alicyclic amines) is 1. The van der Waals surface area contributed by atoms with Gasteiger partial charge in [0.1, 0.15) is 11.6 Å². The van der Waals surface area contributed by atoms with Gasteiger partial charge in [-0.1, -0.05) is 118 Å². The van der Waals surface area contributed by atoms with E-state index in [0.717, 1.165) is 5.56 Å². The lowest BCUT2D eigenvalue weighted by atomic mass is 10.00. The Labute approximate surface area is 242 Å². The van der Waals surface area contributed by atoms with Gasteiger partial charge in [0.25, 0.3) is 8.32 Å². The van der Waals surface area contributed by atoms with Crippen LogP contribution in [0.5, 0.6) is 0 Å². The van der Waals surface area contributed by atoms with Crippen molar-refractivity contribution in [2.24, 2.45) is 5.92 Å². The number of hydrogen-bond donors (Lipinski definition) is 0. The fourth-order valence-electron chi connectivity index (χ4n) is 6.14. The zero-order valence-corrected chi connectivity index (χ0v) is 26.0. The first-order valence-electron chi connectivity index (χ1n) is 14.4. The molecule has 1 saturated heterocycles. The van der Waals surface area contributed by atoms with Gasteiger partial charge in [0.2, 0.25) is 0 Å². The Morgan fingerprint density at radius 3 is 1.82 bits per heavy atom.